The van der Waals surface area contributed by atoms with Gasteiger partial charge in [-0.3, -0.25) is 0 Å². The van der Waals surface area contributed by atoms with Crippen molar-refractivity contribution < 1.29 is 4.74 Å². The fourth-order valence-electron chi connectivity index (χ4n) is 2.20. The summed E-state index contributed by atoms with van der Waals surface area (Å²) in [6, 6.07) is 8.15. The highest BCUT2D eigenvalue weighted by atomic mass is 16.5. The molecule has 0 unspecified atom stereocenters. The molecule has 24 heavy (non-hydrogen) atoms. The second-order valence-electron chi connectivity index (χ2n) is 5.38. The van der Waals surface area contributed by atoms with E-state index < -0.39 is 0 Å². The maximum absolute atomic E-state index is 5.80. The highest BCUT2D eigenvalue weighted by Crippen LogP contribution is 2.12. The Morgan fingerprint density at radius 2 is 1.88 bits per heavy atom. The lowest BCUT2D eigenvalue weighted by Gasteiger charge is -2.18. The van der Waals surface area contributed by atoms with E-state index in [4.69, 9.17) is 4.74 Å². The summed E-state index contributed by atoms with van der Waals surface area (Å²) in [6.45, 7) is 16.1. The molecule has 0 radical (unpaired) electrons. The van der Waals surface area contributed by atoms with Crippen LogP contribution in [0.25, 0.3) is 0 Å². The van der Waals surface area contributed by atoms with E-state index in [1.54, 1.807) is 0 Å². The highest BCUT2D eigenvalue weighted by Gasteiger charge is 2.00. The SMILES string of the molecule is C=CCNC(=NCc1ccc(OCCN(CC)CC)cc1)NCC. The predicted octanol–water partition coefficient (Wildman–Crippen LogP) is 2.65. The lowest BCUT2D eigenvalue weighted by molar-refractivity contribution is 0.223. The van der Waals surface area contributed by atoms with Gasteiger partial charge in [0.05, 0.1) is 6.54 Å². The molecule has 5 nitrogen and oxygen atoms in total. The van der Waals surface area contributed by atoms with E-state index in [1.165, 1.54) is 0 Å². The van der Waals surface area contributed by atoms with Crippen LogP contribution < -0.4 is 15.4 Å². The zero-order valence-corrected chi connectivity index (χ0v) is 15.3. The van der Waals surface area contributed by atoms with Crippen molar-refractivity contribution in [2.75, 3.05) is 39.3 Å². The third-order valence-electron chi connectivity index (χ3n) is 3.67. The lowest BCUT2D eigenvalue weighted by atomic mass is 10.2. The average molecular weight is 332 g/mol. The molecule has 2 N–H and O–H groups in total. The minimum absolute atomic E-state index is 0.631. The monoisotopic (exact) mass is 332 g/mol. The largest absolute Gasteiger partial charge is 0.492 e. The lowest BCUT2D eigenvalue weighted by Crippen LogP contribution is -2.37. The fraction of sp³-hybridized carbons (Fsp3) is 0.526. The molecule has 1 aromatic rings. The molecule has 0 saturated heterocycles. The van der Waals surface area contributed by atoms with Gasteiger partial charge in [0.25, 0.3) is 0 Å². The number of benzene rings is 1. The molecule has 0 aliphatic rings. The quantitative estimate of drug-likeness (QED) is 0.372. The standard InChI is InChI=1S/C19H32N4O/c1-5-13-21-19(20-6-2)22-16-17-9-11-18(12-10-17)24-15-14-23(7-3)8-4/h5,9-12H,1,6-8,13-16H2,2-4H3,(H2,20,21,22). The molecule has 0 aromatic heterocycles. The Hall–Kier alpha value is -2.01. The van der Waals surface area contributed by atoms with E-state index in [2.05, 4.69) is 60.0 Å². The van der Waals surface area contributed by atoms with Crippen LogP contribution in [0.2, 0.25) is 0 Å². The molecule has 0 bridgehead atoms. The zero-order valence-electron chi connectivity index (χ0n) is 15.3. The first-order chi connectivity index (χ1) is 11.7. The van der Waals surface area contributed by atoms with E-state index in [0.29, 0.717) is 13.1 Å². The number of ether oxygens (including phenoxy) is 1. The van der Waals surface area contributed by atoms with E-state index in [-0.39, 0.29) is 0 Å². The van der Waals surface area contributed by atoms with Crippen molar-refractivity contribution >= 4 is 5.96 Å². The highest BCUT2D eigenvalue weighted by molar-refractivity contribution is 5.79. The first kappa shape index (κ1) is 20.0. The summed E-state index contributed by atoms with van der Waals surface area (Å²) < 4.78 is 5.80. The Labute approximate surface area is 146 Å². The third kappa shape index (κ3) is 8.02. The van der Waals surface area contributed by atoms with Crippen LogP contribution in [0.4, 0.5) is 0 Å². The summed E-state index contributed by atoms with van der Waals surface area (Å²) >= 11 is 0. The Morgan fingerprint density at radius 3 is 2.46 bits per heavy atom. The van der Waals surface area contributed by atoms with Crippen LogP contribution in [0.1, 0.15) is 26.3 Å². The maximum Gasteiger partial charge on any atom is 0.191 e. The summed E-state index contributed by atoms with van der Waals surface area (Å²) in [4.78, 5) is 6.91. The summed E-state index contributed by atoms with van der Waals surface area (Å²) in [5, 5.41) is 6.40. The molecule has 0 spiro atoms. The molecular formula is C19H32N4O. The van der Waals surface area contributed by atoms with E-state index in [0.717, 1.165) is 50.1 Å². The number of aliphatic imine (C=N–C) groups is 1. The van der Waals surface area contributed by atoms with Crippen LogP contribution in [-0.4, -0.2) is 50.2 Å². The number of rotatable bonds is 11. The minimum atomic E-state index is 0.631. The molecule has 0 aliphatic carbocycles. The van der Waals surface area contributed by atoms with Gasteiger partial charge in [0, 0.05) is 19.6 Å². The van der Waals surface area contributed by atoms with Crippen molar-refractivity contribution in [3.8, 4) is 5.75 Å². The van der Waals surface area contributed by atoms with E-state index in [1.807, 2.05) is 18.2 Å². The van der Waals surface area contributed by atoms with E-state index >= 15 is 0 Å². The van der Waals surface area contributed by atoms with Gasteiger partial charge >= 0.3 is 0 Å². The van der Waals surface area contributed by atoms with Crippen LogP contribution >= 0.6 is 0 Å². The Morgan fingerprint density at radius 1 is 1.17 bits per heavy atom. The molecule has 1 aromatic carbocycles. The average Bonchev–Trinajstić information content (AvgIpc) is 2.62. The van der Waals surface area contributed by atoms with Crippen molar-refractivity contribution in [2.45, 2.75) is 27.3 Å². The van der Waals surface area contributed by atoms with Crippen LogP contribution in [0.3, 0.4) is 0 Å². The number of hydrogen-bond donors (Lipinski definition) is 2. The van der Waals surface area contributed by atoms with Crippen LogP contribution in [0.15, 0.2) is 41.9 Å². The first-order valence-corrected chi connectivity index (χ1v) is 8.80. The third-order valence-corrected chi connectivity index (χ3v) is 3.67. The van der Waals surface area contributed by atoms with Gasteiger partial charge in [-0.2, -0.15) is 0 Å². The fourth-order valence-corrected chi connectivity index (χ4v) is 2.20. The summed E-state index contributed by atoms with van der Waals surface area (Å²) in [5.74, 6) is 1.71. The predicted molar refractivity (Wildman–Crippen MR) is 103 cm³/mol. The van der Waals surface area contributed by atoms with Crippen molar-refractivity contribution in [2.24, 2.45) is 4.99 Å². The second kappa shape index (κ2) is 12.4. The molecule has 0 fully saturated rings. The Balaban J connectivity index is 2.46. The van der Waals surface area contributed by atoms with Gasteiger partial charge < -0.3 is 20.3 Å². The zero-order chi connectivity index (χ0) is 17.6. The number of hydrogen-bond acceptors (Lipinski definition) is 3. The first-order valence-electron chi connectivity index (χ1n) is 8.80. The Kier molecular flexibility index (Phi) is 10.4. The minimum Gasteiger partial charge on any atom is -0.492 e. The molecular weight excluding hydrogens is 300 g/mol. The van der Waals surface area contributed by atoms with Gasteiger partial charge in [0.1, 0.15) is 12.4 Å². The molecule has 0 saturated carbocycles. The molecule has 0 aliphatic heterocycles. The normalized spacial score (nSPS) is 11.4. The molecule has 0 atom stereocenters. The van der Waals surface area contributed by atoms with Crippen LogP contribution in [0.5, 0.6) is 5.75 Å². The summed E-state index contributed by atoms with van der Waals surface area (Å²) in [5.41, 5.74) is 1.15. The van der Waals surface area contributed by atoms with Crippen molar-refractivity contribution in [1.29, 1.82) is 0 Å². The van der Waals surface area contributed by atoms with Gasteiger partial charge in [-0.05, 0) is 37.7 Å². The second-order valence-corrected chi connectivity index (χ2v) is 5.38. The van der Waals surface area contributed by atoms with Crippen LogP contribution in [0, 0.1) is 0 Å². The van der Waals surface area contributed by atoms with Gasteiger partial charge in [-0.15, -0.1) is 6.58 Å². The van der Waals surface area contributed by atoms with Crippen LogP contribution in [-0.2, 0) is 6.54 Å². The molecule has 1 rings (SSSR count). The van der Waals surface area contributed by atoms with Crippen molar-refractivity contribution in [1.82, 2.24) is 15.5 Å². The van der Waals surface area contributed by atoms with Gasteiger partial charge in [0.15, 0.2) is 5.96 Å². The Bertz CT molecular complexity index is 481. The smallest absolute Gasteiger partial charge is 0.191 e. The molecule has 0 heterocycles. The molecule has 5 heteroatoms. The molecule has 134 valence electrons. The number of likely N-dealkylation sites (N-methyl/N-ethyl adjacent to an activating group) is 1. The molecule has 0 amide bonds. The summed E-state index contributed by atoms with van der Waals surface area (Å²) in [7, 11) is 0. The topological polar surface area (TPSA) is 48.9 Å². The van der Waals surface area contributed by atoms with E-state index in [9.17, 15) is 0 Å². The van der Waals surface area contributed by atoms with Gasteiger partial charge in [0.2, 0.25) is 0 Å². The summed E-state index contributed by atoms with van der Waals surface area (Å²) in [6.07, 6.45) is 1.82. The van der Waals surface area contributed by atoms with Crippen molar-refractivity contribution in [3.63, 3.8) is 0 Å². The number of guanidine groups is 1. The maximum atomic E-state index is 5.80. The van der Waals surface area contributed by atoms with Gasteiger partial charge in [-0.1, -0.05) is 32.1 Å². The number of nitrogens with zero attached hydrogens (tertiary/aromatic N) is 2. The number of nitrogens with one attached hydrogen (secondary N) is 2. The van der Waals surface area contributed by atoms with Crippen molar-refractivity contribution in [3.05, 3.63) is 42.5 Å². The van der Waals surface area contributed by atoms with Gasteiger partial charge in [-0.25, -0.2) is 4.99 Å².